The van der Waals surface area contributed by atoms with Gasteiger partial charge in [0.1, 0.15) is 0 Å². The molecular formula is C50H38. The Bertz CT molecular complexity index is 2710. The molecule has 50 heavy (non-hydrogen) atoms. The molecule has 2 aliphatic carbocycles. The summed E-state index contributed by atoms with van der Waals surface area (Å²) in [5.41, 5.74) is 17.3. The highest BCUT2D eigenvalue weighted by molar-refractivity contribution is 6.06. The first-order valence-electron chi connectivity index (χ1n) is 17.6. The molecule has 0 fully saturated rings. The Labute approximate surface area is 295 Å². The summed E-state index contributed by atoms with van der Waals surface area (Å²) in [5.74, 6) is 14.1. The summed E-state index contributed by atoms with van der Waals surface area (Å²) in [6.45, 7) is 13.8. The topological polar surface area (TPSA) is 0 Å². The standard InChI is InChI=1S/C50H38/c1-31-15-18-33(19-16-31)20-25-36-28-47-48(41-14-10-9-13-39(36)41)43-30-45-42(29-46(43)50(47,5)6)40-26-22-34(27-44(40)49(45,3)4)21-24-35-23-17-32(2)37-11-7-8-12-38(35)37/h7-19,22-23,26-30H,1-6H3. The number of fused-ring (bicyclic) bond motifs is 9. The second-order valence-corrected chi connectivity index (χ2v) is 15.2. The number of hydrogen-bond donors (Lipinski definition) is 0. The van der Waals surface area contributed by atoms with Gasteiger partial charge in [-0.2, -0.15) is 0 Å². The van der Waals surface area contributed by atoms with Gasteiger partial charge in [0.25, 0.3) is 0 Å². The van der Waals surface area contributed by atoms with Gasteiger partial charge in [0.15, 0.2) is 0 Å². The van der Waals surface area contributed by atoms with Crippen LogP contribution in [-0.2, 0) is 10.8 Å². The molecule has 7 aromatic rings. The molecule has 0 aromatic heterocycles. The minimum absolute atomic E-state index is 0.157. The molecule has 0 aliphatic heterocycles. The zero-order valence-electron chi connectivity index (χ0n) is 29.5. The maximum Gasteiger partial charge on any atom is 0.0331 e. The van der Waals surface area contributed by atoms with Gasteiger partial charge in [0, 0.05) is 33.1 Å². The Morgan fingerprint density at radius 1 is 0.400 bits per heavy atom. The van der Waals surface area contributed by atoms with E-state index in [1.165, 1.54) is 77.2 Å². The van der Waals surface area contributed by atoms with Crippen LogP contribution in [0.1, 0.15) is 83.3 Å². The highest BCUT2D eigenvalue weighted by Gasteiger charge is 2.42. The second-order valence-electron chi connectivity index (χ2n) is 15.2. The predicted molar refractivity (Wildman–Crippen MR) is 211 cm³/mol. The first-order valence-corrected chi connectivity index (χ1v) is 17.6. The van der Waals surface area contributed by atoms with Crippen LogP contribution in [0.25, 0.3) is 43.8 Å². The zero-order chi connectivity index (χ0) is 34.4. The van der Waals surface area contributed by atoms with Crippen molar-refractivity contribution in [1.82, 2.24) is 0 Å². The summed E-state index contributed by atoms with van der Waals surface area (Å²) in [6, 6.07) is 44.4. The zero-order valence-corrected chi connectivity index (χ0v) is 29.5. The van der Waals surface area contributed by atoms with Crippen LogP contribution in [-0.4, -0.2) is 0 Å². The molecule has 7 aromatic carbocycles. The summed E-state index contributed by atoms with van der Waals surface area (Å²) >= 11 is 0. The van der Waals surface area contributed by atoms with Crippen LogP contribution in [0.15, 0.2) is 121 Å². The lowest BCUT2D eigenvalue weighted by atomic mass is 9.79. The van der Waals surface area contributed by atoms with E-state index >= 15 is 0 Å². The fourth-order valence-corrected chi connectivity index (χ4v) is 8.46. The van der Waals surface area contributed by atoms with E-state index in [0.717, 1.165) is 22.3 Å². The van der Waals surface area contributed by atoms with Crippen LogP contribution < -0.4 is 0 Å². The molecule has 0 radical (unpaired) electrons. The molecule has 9 rings (SSSR count). The number of hydrogen-bond acceptors (Lipinski definition) is 0. The van der Waals surface area contributed by atoms with Gasteiger partial charge in [-0.25, -0.2) is 0 Å². The molecule has 238 valence electrons. The summed E-state index contributed by atoms with van der Waals surface area (Å²) < 4.78 is 0. The third kappa shape index (κ3) is 4.49. The molecule has 0 unspecified atom stereocenters. The average Bonchev–Trinajstić information content (AvgIpc) is 3.49. The summed E-state index contributed by atoms with van der Waals surface area (Å²) in [6.07, 6.45) is 0. The van der Waals surface area contributed by atoms with E-state index in [9.17, 15) is 0 Å². The van der Waals surface area contributed by atoms with E-state index < -0.39 is 0 Å². The lowest BCUT2D eigenvalue weighted by Crippen LogP contribution is -2.17. The normalized spacial score (nSPS) is 14.2. The highest BCUT2D eigenvalue weighted by atomic mass is 14.4. The quantitative estimate of drug-likeness (QED) is 0.145. The van der Waals surface area contributed by atoms with E-state index in [-0.39, 0.29) is 10.8 Å². The van der Waals surface area contributed by atoms with Gasteiger partial charge >= 0.3 is 0 Å². The molecule has 0 N–H and O–H groups in total. The SMILES string of the molecule is Cc1ccc(C#Cc2cc3c(c4ccccc24)-c2cc4c(cc2C3(C)C)-c2ccc(C#Cc3ccc(C)c5ccccc35)cc2C4(C)C)cc1. The first-order chi connectivity index (χ1) is 24.1. The summed E-state index contributed by atoms with van der Waals surface area (Å²) in [5, 5.41) is 4.97. The Balaban J connectivity index is 1.15. The fourth-order valence-electron chi connectivity index (χ4n) is 8.46. The van der Waals surface area contributed by atoms with E-state index in [2.05, 4.69) is 187 Å². The van der Waals surface area contributed by atoms with Crippen molar-refractivity contribution < 1.29 is 0 Å². The van der Waals surface area contributed by atoms with Crippen molar-refractivity contribution in [2.75, 3.05) is 0 Å². The van der Waals surface area contributed by atoms with Crippen LogP contribution in [0.5, 0.6) is 0 Å². The highest BCUT2D eigenvalue weighted by Crippen LogP contribution is 2.57. The van der Waals surface area contributed by atoms with E-state index in [4.69, 9.17) is 0 Å². The van der Waals surface area contributed by atoms with Gasteiger partial charge < -0.3 is 0 Å². The third-order valence-corrected chi connectivity index (χ3v) is 11.4. The molecule has 0 spiro atoms. The van der Waals surface area contributed by atoms with Gasteiger partial charge in [0.05, 0.1) is 0 Å². The first kappa shape index (κ1) is 30.3. The van der Waals surface area contributed by atoms with Crippen LogP contribution in [0.4, 0.5) is 0 Å². The molecule has 0 heteroatoms. The molecule has 0 saturated carbocycles. The largest absolute Gasteiger partial charge is 0.0616 e. The van der Waals surface area contributed by atoms with Crippen molar-refractivity contribution in [2.45, 2.75) is 52.4 Å². The van der Waals surface area contributed by atoms with Crippen molar-refractivity contribution in [3.63, 3.8) is 0 Å². The fraction of sp³-hybridized carbons (Fsp3) is 0.160. The summed E-state index contributed by atoms with van der Waals surface area (Å²) in [7, 11) is 0. The monoisotopic (exact) mass is 638 g/mol. The van der Waals surface area contributed by atoms with E-state index in [1.807, 2.05) is 0 Å². The van der Waals surface area contributed by atoms with Crippen molar-refractivity contribution in [3.8, 4) is 45.9 Å². The molecule has 0 atom stereocenters. The van der Waals surface area contributed by atoms with Crippen LogP contribution in [0, 0.1) is 37.5 Å². The molecular weight excluding hydrogens is 601 g/mol. The lowest BCUT2D eigenvalue weighted by molar-refractivity contribution is 0.652. The van der Waals surface area contributed by atoms with Crippen LogP contribution >= 0.6 is 0 Å². The van der Waals surface area contributed by atoms with E-state index in [0.29, 0.717) is 0 Å². The molecule has 0 amide bonds. The number of rotatable bonds is 0. The predicted octanol–water partition coefficient (Wildman–Crippen LogP) is 12.0. The minimum atomic E-state index is -0.168. The van der Waals surface area contributed by atoms with E-state index in [1.54, 1.807) is 0 Å². The summed E-state index contributed by atoms with van der Waals surface area (Å²) in [4.78, 5) is 0. The second kappa shape index (κ2) is 10.8. The Morgan fingerprint density at radius 3 is 1.72 bits per heavy atom. The Kier molecular flexibility index (Phi) is 6.56. The Hall–Kier alpha value is -5.82. The van der Waals surface area contributed by atoms with Crippen molar-refractivity contribution in [2.24, 2.45) is 0 Å². The maximum atomic E-state index is 3.56. The average molecular weight is 639 g/mol. The van der Waals surface area contributed by atoms with Gasteiger partial charge in [-0.15, -0.1) is 0 Å². The number of aryl methyl sites for hydroxylation is 2. The molecule has 0 nitrogen and oxygen atoms in total. The lowest BCUT2D eigenvalue weighted by Gasteiger charge is -2.24. The van der Waals surface area contributed by atoms with Gasteiger partial charge in [-0.1, -0.05) is 130 Å². The van der Waals surface area contributed by atoms with Crippen molar-refractivity contribution >= 4 is 21.5 Å². The van der Waals surface area contributed by atoms with Crippen LogP contribution in [0.3, 0.4) is 0 Å². The molecule has 0 saturated heterocycles. The van der Waals surface area contributed by atoms with Gasteiger partial charge in [-0.3, -0.25) is 0 Å². The molecule has 0 bridgehead atoms. The van der Waals surface area contributed by atoms with Crippen molar-refractivity contribution in [3.05, 3.63) is 177 Å². The molecule has 0 heterocycles. The Morgan fingerprint density at radius 2 is 0.960 bits per heavy atom. The van der Waals surface area contributed by atoms with Gasteiger partial charge in [0.2, 0.25) is 0 Å². The third-order valence-electron chi connectivity index (χ3n) is 11.4. The minimum Gasteiger partial charge on any atom is -0.0616 e. The smallest absolute Gasteiger partial charge is 0.0331 e. The van der Waals surface area contributed by atoms with Crippen molar-refractivity contribution in [1.29, 1.82) is 0 Å². The maximum absolute atomic E-state index is 3.56. The molecule has 2 aliphatic rings. The number of benzene rings is 7. The van der Waals surface area contributed by atoms with Crippen LogP contribution in [0.2, 0.25) is 0 Å². The van der Waals surface area contributed by atoms with Gasteiger partial charge in [-0.05, 0) is 134 Å².